The third kappa shape index (κ3) is 6.76. The van der Waals surface area contributed by atoms with Crippen LogP contribution in [0.3, 0.4) is 0 Å². The smallest absolute Gasteiger partial charge is 0.257 e. The minimum atomic E-state index is -0.190. The molecule has 0 fully saturated rings. The van der Waals surface area contributed by atoms with Gasteiger partial charge in [-0.05, 0) is 38.2 Å². The Labute approximate surface area is 164 Å². The van der Waals surface area contributed by atoms with Gasteiger partial charge in [0, 0.05) is 23.1 Å². The number of amidine groups is 1. The molecule has 1 amide bonds. The zero-order valence-electron chi connectivity index (χ0n) is 16.1. The van der Waals surface area contributed by atoms with Gasteiger partial charge in [-0.3, -0.25) is 9.79 Å². The van der Waals surface area contributed by atoms with E-state index in [-0.39, 0.29) is 18.1 Å². The molecule has 0 spiro atoms. The summed E-state index contributed by atoms with van der Waals surface area (Å²) in [5.41, 5.74) is 0.513. The molecule has 1 N–H and O–H groups in total. The van der Waals surface area contributed by atoms with Crippen molar-refractivity contribution in [3.8, 4) is 11.5 Å². The van der Waals surface area contributed by atoms with E-state index in [0.29, 0.717) is 34.8 Å². The number of carbonyl (C=O) groups excluding carboxylic acids is 1. The summed E-state index contributed by atoms with van der Waals surface area (Å²) in [5.74, 6) is 3.37. The van der Waals surface area contributed by atoms with E-state index in [4.69, 9.17) is 9.47 Å². The van der Waals surface area contributed by atoms with Crippen LogP contribution in [0.1, 0.15) is 38.1 Å². The number of nitrogens with zero attached hydrogens (tertiary/aromatic N) is 1. The molecule has 0 saturated heterocycles. The molecule has 0 aliphatic carbocycles. The maximum atomic E-state index is 12.7. The largest absolute Gasteiger partial charge is 0.493 e. The molecule has 0 bridgehead atoms. The Balaban J connectivity index is 2.13. The third-order valence-corrected chi connectivity index (χ3v) is 5.14. The summed E-state index contributed by atoms with van der Waals surface area (Å²) in [6.07, 6.45) is 2.09. The van der Waals surface area contributed by atoms with Gasteiger partial charge in [0.05, 0.1) is 18.8 Å². The molecule has 1 aliphatic heterocycles. The number of hydrogen-bond acceptors (Lipinski definition) is 6. The Hall–Kier alpha value is -1.34. The van der Waals surface area contributed by atoms with E-state index >= 15 is 0 Å². The number of ether oxygens (including phenoxy) is 2. The predicted molar refractivity (Wildman–Crippen MR) is 112 cm³/mol. The van der Waals surface area contributed by atoms with Crippen molar-refractivity contribution < 1.29 is 14.3 Å². The molecule has 1 atom stereocenters. The lowest BCUT2D eigenvalue weighted by Gasteiger charge is -2.15. The van der Waals surface area contributed by atoms with Crippen molar-refractivity contribution in [2.24, 2.45) is 10.9 Å². The number of carbonyl (C=O) groups is 1. The molecule has 5 nitrogen and oxygen atoms in total. The molecule has 0 radical (unpaired) electrons. The van der Waals surface area contributed by atoms with Crippen LogP contribution in [0, 0.1) is 5.92 Å². The van der Waals surface area contributed by atoms with Crippen molar-refractivity contribution in [1.82, 2.24) is 5.32 Å². The highest BCUT2D eigenvalue weighted by Crippen LogP contribution is 2.25. The van der Waals surface area contributed by atoms with Gasteiger partial charge in [0.1, 0.15) is 11.5 Å². The van der Waals surface area contributed by atoms with Crippen LogP contribution in [-0.4, -0.2) is 47.6 Å². The molecule has 2 rings (SSSR count). The zero-order valence-corrected chi connectivity index (χ0v) is 17.7. The SMILES string of the molecule is CSCC1CSC(NC(=O)c2cc(OCC(C)C)cc(OC(C)C)c2)=N1. The molecule has 0 aromatic heterocycles. The van der Waals surface area contributed by atoms with Crippen LogP contribution in [0.2, 0.25) is 0 Å². The Bertz CT molecular complexity index is 648. The van der Waals surface area contributed by atoms with Gasteiger partial charge in [0.25, 0.3) is 5.91 Å². The molecular formula is C19H28N2O3S2. The molecule has 144 valence electrons. The number of nitrogens with one attached hydrogen (secondary N) is 1. The second kappa shape index (κ2) is 10.1. The second-order valence-corrected chi connectivity index (χ2v) is 8.79. The Morgan fingerprint density at radius 1 is 1.31 bits per heavy atom. The first-order chi connectivity index (χ1) is 12.4. The van der Waals surface area contributed by atoms with Crippen molar-refractivity contribution in [3.05, 3.63) is 23.8 Å². The van der Waals surface area contributed by atoms with Gasteiger partial charge in [-0.2, -0.15) is 11.8 Å². The van der Waals surface area contributed by atoms with Crippen molar-refractivity contribution in [2.45, 2.75) is 39.8 Å². The van der Waals surface area contributed by atoms with Crippen LogP contribution in [-0.2, 0) is 0 Å². The number of amides is 1. The highest BCUT2D eigenvalue weighted by molar-refractivity contribution is 8.14. The van der Waals surface area contributed by atoms with Gasteiger partial charge in [-0.1, -0.05) is 25.6 Å². The summed E-state index contributed by atoms with van der Waals surface area (Å²) in [4.78, 5) is 17.2. The molecule has 7 heteroatoms. The summed E-state index contributed by atoms with van der Waals surface area (Å²) in [6.45, 7) is 8.67. The Morgan fingerprint density at radius 3 is 2.69 bits per heavy atom. The summed E-state index contributed by atoms with van der Waals surface area (Å²) in [6, 6.07) is 5.60. The molecule has 26 heavy (non-hydrogen) atoms. The van der Waals surface area contributed by atoms with E-state index in [1.165, 1.54) is 0 Å². The summed E-state index contributed by atoms with van der Waals surface area (Å²) in [5, 5.41) is 3.60. The lowest BCUT2D eigenvalue weighted by atomic mass is 10.2. The van der Waals surface area contributed by atoms with Crippen LogP contribution in [0.5, 0.6) is 11.5 Å². The minimum Gasteiger partial charge on any atom is -0.493 e. The van der Waals surface area contributed by atoms with Gasteiger partial charge < -0.3 is 14.8 Å². The molecule has 1 heterocycles. The van der Waals surface area contributed by atoms with Gasteiger partial charge >= 0.3 is 0 Å². The molecule has 1 unspecified atom stereocenters. The first-order valence-corrected chi connectivity index (χ1v) is 11.2. The Morgan fingerprint density at radius 2 is 2.04 bits per heavy atom. The molecule has 1 aromatic carbocycles. The predicted octanol–water partition coefficient (Wildman–Crippen LogP) is 4.07. The highest BCUT2D eigenvalue weighted by Gasteiger charge is 2.20. The molecule has 1 aromatic rings. The first-order valence-electron chi connectivity index (χ1n) is 8.82. The first kappa shape index (κ1) is 21.0. The normalized spacial score (nSPS) is 16.7. The fourth-order valence-electron chi connectivity index (χ4n) is 2.32. The highest BCUT2D eigenvalue weighted by atomic mass is 32.2. The average Bonchev–Trinajstić information content (AvgIpc) is 2.99. The van der Waals surface area contributed by atoms with Gasteiger partial charge in [0.15, 0.2) is 5.17 Å². The summed E-state index contributed by atoms with van der Waals surface area (Å²) >= 11 is 3.36. The van der Waals surface area contributed by atoms with Gasteiger partial charge in [0.2, 0.25) is 0 Å². The van der Waals surface area contributed by atoms with Crippen molar-refractivity contribution in [2.75, 3.05) is 24.4 Å². The lowest BCUT2D eigenvalue weighted by molar-refractivity contribution is 0.0976. The summed E-state index contributed by atoms with van der Waals surface area (Å²) in [7, 11) is 0. The topological polar surface area (TPSA) is 59.9 Å². The van der Waals surface area contributed by atoms with Crippen LogP contribution in [0.15, 0.2) is 23.2 Å². The van der Waals surface area contributed by atoms with Crippen molar-refractivity contribution in [1.29, 1.82) is 0 Å². The van der Waals surface area contributed by atoms with Crippen molar-refractivity contribution in [3.63, 3.8) is 0 Å². The number of hydrogen-bond donors (Lipinski definition) is 1. The van der Waals surface area contributed by atoms with E-state index in [9.17, 15) is 4.79 Å². The van der Waals surface area contributed by atoms with E-state index in [1.807, 2.05) is 19.9 Å². The van der Waals surface area contributed by atoms with Crippen LogP contribution < -0.4 is 14.8 Å². The Kier molecular flexibility index (Phi) is 8.15. The molecule has 0 saturated carbocycles. The number of aliphatic imine (C=N–C) groups is 1. The minimum absolute atomic E-state index is 0.0216. The lowest BCUT2D eigenvalue weighted by Crippen LogP contribution is -2.27. The third-order valence-electron chi connectivity index (χ3n) is 3.39. The van der Waals surface area contributed by atoms with Gasteiger partial charge in [-0.25, -0.2) is 0 Å². The average molecular weight is 397 g/mol. The van der Waals surface area contributed by atoms with Crippen LogP contribution in [0.4, 0.5) is 0 Å². The maximum absolute atomic E-state index is 12.7. The van der Waals surface area contributed by atoms with E-state index in [0.717, 1.165) is 11.5 Å². The van der Waals surface area contributed by atoms with E-state index in [2.05, 4.69) is 30.4 Å². The number of benzene rings is 1. The fourth-order valence-corrected chi connectivity index (χ4v) is 3.98. The quantitative estimate of drug-likeness (QED) is 0.718. The molecule has 1 aliphatic rings. The van der Waals surface area contributed by atoms with E-state index < -0.39 is 0 Å². The standard InChI is InChI=1S/C19H28N2O3S2/c1-12(2)9-23-16-6-14(7-17(8-16)24-13(3)4)18(22)21-19-20-15(10-25-5)11-26-19/h6-8,12-13,15H,9-11H2,1-5H3,(H,20,21,22). The fraction of sp³-hybridized carbons (Fsp3) is 0.579. The van der Waals surface area contributed by atoms with Crippen LogP contribution in [0.25, 0.3) is 0 Å². The number of rotatable bonds is 8. The second-order valence-electron chi connectivity index (χ2n) is 6.87. The zero-order chi connectivity index (χ0) is 19.1. The monoisotopic (exact) mass is 396 g/mol. The number of thioether (sulfide) groups is 2. The maximum Gasteiger partial charge on any atom is 0.257 e. The van der Waals surface area contributed by atoms with Gasteiger partial charge in [-0.15, -0.1) is 0 Å². The van der Waals surface area contributed by atoms with Crippen LogP contribution >= 0.6 is 23.5 Å². The molecular weight excluding hydrogens is 368 g/mol. The summed E-state index contributed by atoms with van der Waals surface area (Å²) < 4.78 is 11.6. The van der Waals surface area contributed by atoms with E-state index in [1.54, 1.807) is 35.7 Å². The van der Waals surface area contributed by atoms with Crippen molar-refractivity contribution >= 4 is 34.6 Å².